The highest BCUT2D eigenvalue weighted by atomic mass is 32.2. The number of hydrogen-bond donors (Lipinski definition) is 1. The van der Waals surface area contributed by atoms with Crippen molar-refractivity contribution in [2.75, 3.05) is 25.1 Å². The van der Waals surface area contributed by atoms with E-state index in [1.165, 1.54) is 5.75 Å². The van der Waals surface area contributed by atoms with Crippen LogP contribution in [0.1, 0.15) is 13.3 Å². The lowest BCUT2D eigenvalue weighted by Gasteiger charge is -2.34. The first kappa shape index (κ1) is 9.36. The first-order valence-corrected chi connectivity index (χ1v) is 5.37. The maximum atomic E-state index is 9.60. The average Bonchev–Trinajstić information content (AvgIpc) is 2.04. The molecule has 0 bridgehead atoms. The fourth-order valence-electron chi connectivity index (χ4n) is 1.38. The van der Waals surface area contributed by atoms with Crippen LogP contribution in [-0.4, -0.2) is 47.3 Å². The lowest BCUT2D eigenvalue weighted by atomic mass is 10.1. The molecule has 0 aromatic rings. The first-order valence-electron chi connectivity index (χ1n) is 4.21. The third kappa shape index (κ3) is 2.36. The summed E-state index contributed by atoms with van der Waals surface area (Å²) >= 11 is 1.95. The van der Waals surface area contributed by atoms with Crippen molar-refractivity contribution in [1.29, 1.82) is 0 Å². The zero-order valence-electron chi connectivity index (χ0n) is 7.29. The fraction of sp³-hybridized carbons (Fsp3) is 1.00. The molecule has 0 aromatic heterocycles. The van der Waals surface area contributed by atoms with Crippen LogP contribution < -0.4 is 0 Å². The molecule has 1 heterocycles. The fourth-order valence-corrected chi connectivity index (χ4v) is 2.68. The SMILES string of the molecule is CCC(O)C1CSCCN1C. The van der Waals surface area contributed by atoms with Crippen molar-refractivity contribution in [3.63, 3.8) is 0 Å². The van der Waals surface area contributed by atoms with Crippen LogP contribution in [0, 0.1) is 0 Å². The van der Waals surface area contributed by atoms with E-state index in [4.69, 9.17) is 0 Å². The lowest BCUT2D eigenvalue weighted by molar-refractivity contribution is 0.0732. The molecule has 2 nitrogen and oxygen atoms in total. The quantitative estimate of drug-likeness (QED) is 0.671. The lowest BCUT2D eigenvalue weighted by Crippen LogP contribution is -2.46. The summed E-state index contributed by atoms with van der Waals surface area (Å²) in [6.45, 7) is 3.16. The Morgan fingerprint density at radius 1 is 1.73 bits per heavy atom. The monoisotopic (exact) mass is 175 g/mol. The van der Waals surface area contributed by atoms with Gasteiger partial charge in [-0.25, -0.2) is 0 Å². The molecule has 3 heteroatoms. The van der Waals surface area contributed by atoms with Gasteiger partial charge < -0.3 is 5.11 Å². The third-order valence-corrected chi connectivity index (χ3v) is 3.35. The summed E-state index contributed by atoms with van der Waals surface area (Å²) in [5.41, 5.74) is 0. The minimum absolute atomic E-state index is 0.132. The van der Waals surface area contributed by atoms with Crippen molar-refractivity contribution >= 4 is 11.8 Å². The molecule has 0 spiro atoms. The van der Waals surface area contributed by atoms with E-state index in [2.05, 4.69) is 11.9 Å². The first-order chi connectivity index (χ1) is 5.25. The maximum Gasteiger partial charge on any atom is 0.0700 e. The molecule has 0 aromatic carbocycles. The van der Waals surface area contributed by atoms with Crippen LogP contribution in [-0.2, 0) is 0 Å². The van der Waals surface area contributed by atoms with Gasteiger partial charge >= 0.3 is 0 Å². The van der Waals surface area contributed by atoms with Gasteiger partial charge in [-0.2, -0.15) is 11.8 Å². The Morgan fingerprint density at radius 3 is 3.00 bits per heavy atom. The minimum Gasteiger partial charge on any atom is -0.391 e. The van der Waals surface area contributed by atoms with Crippen LogP contribution >= 0.6 is 11.8 Å². The Morgan fingerprint density at radius 2 is 2.45 bits per heavy atom. The van der Waals surface area contributed by atoms with Crippen molar-refractivity contribution in [3.05, 3.63) is 0 Å². The van der Waals surface area contributed by atoms with Crippen LogP contribution in [0.5, 0.6) is 0 Å². The normalized spacial score (nSPS) is 30.3. The summed E-state index contributed by atoms with van der Waals surface area (Å²) < 4.78 is 0. The van der Waals surface area contributed by atoms with Crippen molar-refractivity contribution < 1.29 is 5.11 Å². The van der Waals surface area contributed by atoms with Gasteiger partial charge in [0.25, 0.3) is 0 Å². The average molecular weight is 175 g/mol. The van der Waals surface area contributed by atoms with Gasteiger partial charge in [-0.3, -0.25) is 4.90 Å². The van der Waals surface area contributed by atoms with Crippen molar-refractivity contribution in [2.24, 2.45) is 0 Å². The molecule has 1 saturated heterocycles. The smallest absolute Gasteiger partial charge is 0.0700 e. The summed E-state index contributed by atoms with van der Waals surface area (Å²) in [4.78, 5) is 2.27. The van der Waals surface area contributed by atoms with Gasteiger partial charge in [0.2, 0.25) is 0 Å². The standard InChI is InChI=1S/C8H17NOS/c1-3-8(10)7-6-11-5-4-9(7)2/h7-8,10H,3-6H2,1-2H3. The van der Waals surface area contributed by atoms with Gasteiger partial charge in [-0.1, -0.05) is 6.92 Å². The number of hydrogen-bond acceptors (Lipinski definition) is 3. The van der Waals surface area contributed by atoms with Crippen LogP contribution in [0.4, 0.5) is 0 Å². The van der Waals surface area contributed by atoms with Crippen molar-refractivity contribution in [1.82, 2.24) is 4.90 Å². The second-order valence-electron chi connectivity index (χ2n) is 3.10. The molecule has 1 aliphatic heterocycles. The molecule has 1 rings (SSSR count). The zero-order valence-corrected chi connectivity index (χ0v) is 8.10. The second kappa shape index (κ2) is 4.33. The molecule has 0 amide bonds. The molecule has 66 valence electrons. The maximum absolute atomic E-state index is 9.60. The zero-order chi connectivity index (χ0) is 8.27. The highest BCUT2D eigenvalue weighted by Crippen LogP contribution is 2.18. The topological polar surface area (TPSA) is 23.5 Å². The number of aliphatic hydroxyl groups is 1. The van der Waals surface area contributed by atoms with Crippen molar-refractivity contribution in [3.8, 4) is 0 Å². The number of thioether (sulfide) groups is 1. The molecular formula is C8H17NOS. The van der Waals surface area contributed by atoms with Gasteiger partial charge in [0, 0.05) is 24.1 Å². The Kier molecular flexibility index (Phi) is 3.69. The minimum atomic E-state index is -0.132. The summed E-state index contributed by atoms with van der Waals surface area (Å²) in [6, 6.07) is 0.388. The van der Waals surface area contributed by atoms with Gasteiger partial charge in [0.1, 0.15) is 0 Å². The Balaban J connectivity index is 2.40. The third-order valence-electron chi connectivity index (χ3n) is 2.31. The molecule has 1 fully saturated rings. The Bertz CT molecular complexity index is 117. The summed E-state index contributed by atoms with van der Waals surface area (Å²) in [6.07, 6.45) is 0.739. The highest BCUT2D eigenvalue weighted by Gasteiger charge is 2.24. The molecule has 1 aliphatic rings. The van der Waals surface area contributed by atoms with Gasteiger partial charge in [-0.05, 0) is 13.5 Å². The van der Waals surface area contributed by atoms with Crippen LogP contribution in [0.2, 0.25) is 0 Å². The summed E-state index contributed by atoms with van der Waals surface area (Å²) in [5, 5.41) is 9.60. The van der Waals surface area contributed by atoms with Gasteiger partial charge in [0.15, 0.2) is 0 Å². The predicted octanol–water partition coefficient (Wildman–Crippen LogP) is 0.804. The molecule has 0 aliphatic carbocycles. The number of nitrogens with zero attached hydrogens (tertiary/aromatic N) is 1. The van der Waals surface area contributed by atoms with Crippen LogP contribution in [0.3, 0.4) is 0 Å². The van der Waals surface area contributed by atoms with E-state index < -0.39 is 0 Å². The molecule has 0 saturated carbocycles. The summed E-state index contributed by atoms with van der Waals surface area (Å²) in [7, 11) is 2.10. The van der Waals surface area contributed by atoms with E-state index in [0.29, 0.717) is 6.04 Å². The Labute approximate surface area is 73.0 Å². The van der Waals surface area contributed by atoms with Crippen LogP contribution in [0.25, 0.3) is 0 Å². The van der Waals surface area contributed by atoms with Crippen LogP contribution in [0.15, 0.2) is 0 Å². The van der Waals surface area contributed by atoms with E-state index in [1.54, 1.807) is 0 Å². The van der Waals surface area contributed by atoms with Crippen molar-refractivity contribution in [2.45, 2.75) is 25.5 Å². The van der Waals surface area contributed by atoms with E-state index in [0.717, 1.165) is 18.7 Å². The number of aliphatic hydroxyl groups excluding tert-OH is 1. The number of likely N-dealkylation sites (N-methyl/N-ethyl adjacent to an activating group) is 1. The van der Waals surface area contributed by atoms with Gasteiger partial charge in [0.05, 0.1) is 6.10 Å². The molecule has 2 unspecified atom stereocenters. The molecule has 1 N–H and O–H groups in total. The molecule has 0 radical (unpaired) electrons. The van der Waals surface area contributed by atoms with E-state index in [9.17, 15) is 5.11 Å². The largest absolute Gasteiger partial charge is 0.391 e. The van der Waals surface area contributed by atoms with E-state index in [-0.39, 0.29) is 6.10 Å². The van der Waals surface area contributed by atoms with E-state index >= 15 is 0 Å². The Hall–Kier alpha value is 0.270. The second-order valence-corrected chi connectivity index (χ2v) is 4.25. The predicted molar refractivity (Wildman–Crippen MR) is 50.0 cm³/mol. The molecular weight excluding hydrogens is 158 g/mol. The highest BCUT2D eigenvalue weighted by molar-refractivity contribution is 7.99. The van der Waals surface area contributed by atoms with E-state index in [1.807, 2.05) is 18.7 Å². The van der Waals surface area contributed by atoms with Gasteiger partial charge in [-0.15, -0.1) is 0 Å². The molecule has 2 atom stereocenters. The summed E-state index contributed by atoms with van der Waals surface area (Å²) in [5.74, 6) is 2.30. The molecule has 11 heavy (non-hydrogen) atoms. The number of rotatable bonds is 2.